The van der Waals surface area contributed by atoms with Gasteiger partial charge in [0, 0.05) is 11.8 Å². The Kier molecular flexibility index (Phi) is 3.63. The van der Waals surface area contributed by atoms with E-state index in [4.69, 9.17) is 16.3 Å². The second-order valence-electron chi connectivity index (χ2n) is 3.82. The quantitative estimate of drug-likeness (QED) is 0.796. The number of carbonyl (C=O) groups is 1. The van der Waals surface area contributed by atoms with Crippen molar-refractivity contribution in [3.63, 3.8) is 0 Å². The summed E-state index contributed by atoms with van der Waals surface area (Å²) in [6, 6.07) is 8.75. The molecule has 2 aromatic rings. The molecule has 18 heavy (non-hydrogen) atoms. The Hall–Kier alpha value is -1.87. The minimum atomic E-state index is -0.235. The maximum Gasteiger partial charge on any atom is 0.216 e. The van der Waals surface area contributed by atoms with Crippen LogP contribution >= 0.6 is 11.6 Å². The first kappa shape index (κ1) is 12.6. The predicted molar refractivity (Wildman–Crippen MR) is 70.4 cm³/mol. The van der Waals surface area contributed by atoms with Gasteiger partial charge in [0.25, 0.3) is 0 Å². The number of benzene rings is 1. The molecule has 4 heteroatoms. The van der Waals surface area contributed by atoms with Gasteiger partial charge in [-0.1, -0.05) is 23.7 Å². The van der Waals surface area contributed by atoms with Crippen molar-refractivity contribution in [1.82, 2.24) is 4.98 Å². The van der Waals surface area contributed by atoms with E-state index in [0.29, 0.717) is 16.3 Å². The zero-order valence-corrected chi connectivity index (χ0v) is 10.9. The van der Waals surface area contributed by atoms with Crippen molar-refractivity contribution < 1.29 is 9.53 Å². The van der Waals surface area contributed by atoms with Crippen molar-refractivity contribution in [1.29, 1.82) is 0 Å². The van der Waals surface area contributed by atoms with Gasteiger partial charge in [-0.05, 0) is 30.7 Å². The van der Waals surface area contributed by atoms with Crippen molar-refractivity contribution in [2.75, 3.05) is 7.11 Å². The molecule has 0 radical (unpaired) electrons. The molecule has 0 bridgehead atoms. The lowest BCUT2D eigenvalue weighted by Gasteiger charge is -2.08. The number of hydrogen-bond donors (Lipinski definition) is 0. The topological polar surface area (TPSA) is 39.2 Å². The van der Waals surface area contributed by atoms with Gasteiger partial charge in [0.15, 0.2) is 5.69 Å². The van der Waals surface area contributed by atoms with Gasteiger partial charge in [0.2, 0.25) is 5.78 Å². The van der Waals surface area contributed by atoms with E-state index in [2.05, 4.69) is 4.98 Å². The fraction of sp³-hybridized carbons (Fsp3) is 0.143. The number of ketones is 1. The summed E-state index contributed by atoms with van der Waals surface area (Å²) >= 11 is 6.14. The Morgan fingerprint density at radius 3 is 2.78 bits per heavy atom. The summed E-state index contributed by atoms with van der Waals surface area (Å²) in [6.07, 6.45) is 1.56. The van der Waals surface area contributed by atoms with Crippen LogP contribution < -0.4 is 4.74 Å². The number of carbonyl (C=O) groups excluding carboxylic acids is 1. The maximum absolute atomic E-state index is 12.4. The molecule has 2 rings (SSSR count). The molecule has 1 aromatic carbocycles. The van der Waals surface area contributed by atoms with Gasteiger partial charge < -0.3 is 4.74 Å². The predicted octanol–water partition coefficient (Wildman–Crippen LogP) is 3.28. The van der Waals surface area contributed by atoms with Crippen molar-refractivity contribution in [3.8, 4) is 5.75 Å². The van der Waals surface area contributed by atoms with Gasteiger partial charge >= 0.3 is 0 Å². The highest BCUT2D eigenvalue weighted by molar-refractivity contribution is 6.35. The lowest BCUT2D eigenvalue weighted by Crippen LogP contribution is -2.07. The number of aryl methyl sites for hydroxylation is 1. The Bertz CT molecular complexity index is 596. The third-order valence-corrected chi connectivity index (χ3v) is 3.14. The number of halogens is 1. The first-order valence-corrected chi connectivity index (χ1v) is 5.81. The van der Waals surface area contributed by atoms with Gasteiger partial charge in [-0.3, -0.25) is 4.79 Å². The first-order valence-electron chi connectivity index (χ1n) is 5.44. The monoisotopic (exact) mass is 261 g/mol. The number of methoxy groups -OCH3 is 1. The van der Waals surface area contributed by atoms with Crippen LogP contribution in [0.4, 0.5) is 0 Å². The van der Waals surface area contributed by atoms with E-state index in [-0.39, 0.29) is 11.5 Å². The molecule has 1 heterocycles. The Morgan fingerprint density at radius 2 is 2.06 bits per heavy atom. The van der Waals surface area contributed by atoms with E-state index in [9.17, 15) is 4.79 Å². The molecule has 0 atom stereocenters. The second kappa shape index (κ2) is 5.19. The van der Waals surface area contributed by atoms with Crippen LogP contribution in [0.3, 0.4) is 0 Å². The van der Waals surface area contributed by atoms with Crippen molar-refractivity contribution >= 4 is 17.4 Å². The average molecular weight is 262 g/mol. The highest BCUT2D eigenvalue weighted by atomic mass is 35.5. The lowest BCUT2D eigenvalue weighted by molar-refractivity contribution is 0.103. The number of pyridine rings is 1. The van der Waals surface area contributed by atoms with Crippen LogP contribution in [0.15, 0.2) is 36.5 Å². The second-order valence-corrected chi connectivity index (χ2v) is 4.20. The van der Waals surface area contributed by atoms with Gasteiger partial charge in [0.05, 0.1) is 12.1 Å². The third kappa shape index (κ3) is 2.22. The maximum atomic E-state index is 12.4. The average Bonchev–Trinajstić information content (AvgIpc) is 2.41. The molecular weight excluding hydrogens is 250 g/mol. The van der Waals surface area contributed by atoms with E-state index >= 15 is 0 Å². The largest absolute Gasteiger partial charge is 0.494 e. The molecular formula is C14H12ClNO2. The van der Waals surface area contributed by atoms with Gasteiger partial charge in [-0.15, -0.1) is 0 Å². The standard InChI is InChI=1S/C14H12ClNO2/c1-9-5-3-6-10(12(9)15)14(17)13-11(18-2)7-4-8-16-13/h3-8H,1-2H3. The van der Waals surface area contributed by atoms with Crippen LogP contribution in [0, 0.1) is 6.92 Å². The molecule has 0 aliphatic rings. The minimum Gasteiger partial charge on any atom is -0.494 e. The number of hydrogen-bond acceptors (Lipinski definition) is 3. The molecule has 0 aliphatic heterocycles. The SMILES string of the molecule is COc1cccnc1C(=O)c1cccc(C)c1Cl. The number of ether oxygens (including phenoxy) is 1. The number of rotatable bonds is 3. The summed E-state index contributed by atoms with van der Waals surface area (Å²) in [5, 5.41) is 0.454. The Balaban J connectivity index is 2.52. The van der Waals surface area contributed by atoms with E-state index in [0.717, 1.165) is 5.56 Å². The summed E-state index contributed by atoms with van der Waals surface area (Å²) in [7, 11) is 1.51. The van der Waals surface area contributed by atoms with Crippen LogP contribution in [0.25, 0.3) is 0 Å². The van der Waals surface area contributed by atoms with Crippen molar-refractivity contribution in [2.45, 2.75) is 6.92 Å². The fourth-order valence-electron chi connectivity index (χ4n) is 1.68. The third-order valence-electron chi connectivity index (χ3n) is 2.64. The summed E-state index contributed by atoms with van der Waals surface area (Å²) in [5.41, 5.74) is 1.57. The van der Waals surface area contributed by atoms with Crippen LogP contribution in [0.2, 0.25) is 5.02 Å². The number of aromatic nitrogens is 1. The molecule has 0 amide bonds. The zero-order valence-electron chi connectivity index (χ0n) is 10.1. The van der Waals surface area contributed by atoms with Crippen molar-refractivity contribution in [3.05, 3.63) is 58.4 Å². The molecule has 0 fully saturated rings. The Morgan fingerprint density at radius 1 is 1.28 bits per heavy atom. The molecule has 0 saturated heterocycles. The van der Waals surface area contributed by atoms with Crippen LogP contribution in [-0.4, -0.2) is 17.9 Å². The first-order chi connectivity index (χ1) is 8.65. The zero-order chi connectivity index (χ0) is 13.1. The van der Waals surface area contributed by atoms with Crippen molar-refractivity contribution in [2.24, 2.45) is 0 Å². The van der Waals surface area contributed by atoms with Crippen LogP contribution in [0.1, 0.15) is 21.6 Å². The fourth-order valence-corrected chi connectivity index (χ4v) is 1.89. The normalized spacial score (nSPS) is 10.2. The van der Waals surface area contributed by atoms with E-state index in [1.54, 1.807) is 30.5 Å². The van der Waals surface area contributed by atoms with Crippen LogP contribution in [0.5, 0.6) is 5.75 Å². The molecule has 92 valence electrons. The molecule has 0 N–H and O–H groups in total. The van der Waals surface area contributed by atoms with Gasteiger partial charge in [-0.2, -0.15) is 0 Å². The highest BCUT2D eigenvalue weighted by Crippen LogP contribution is 2.25. The summed E-state index contributed by atoms with van der Waals surface area (Å²) in [5.74, 6) is 0.209. The molecule has 0 unspecified atom stereocenters. The molecule has 0 aliphatic carbocycles. The summed E-state index contributed by atoms with van der Waals surface area (Å²) < 4.78 is 5.13. The smallest absolute Gasteiger partial charge is 0.216 e. The molecule has 1 aromatic heterocycles. The Labute approximate surface area is 110 Å². The van der Waals surface area contributed by atoms with Gasteiger partial charge in [-0.25, -0.2) is 4.98 Å². The molecule has 0 spiro atoms. The molecule has 3 nitrogen and oxygen atoms in total. The lowest BCUT2D eigenvalue weighted by atomic mass is 10.0. The summed E-state index contributed by atoms with van der Waals surface area (Å²) in [6.45, 7) is 1.86. The van der Waals surface area contributed by atoms with Crippen LogP contribution in [-0.2, 0) is 0 Å². The van der Waals surface area contributed by atoms with E-state index in [1.165, 1.54) is 7.11 Å². The van der Waals surface area contributed by atoms with E-state index in [1.807, 2.05) is 13.0 Å². The summed E-state index contributed by atoms with van der Waals surface area (Å²) in [4.78, 5) is 16.4. The number of nitrogens with zero attached hydrogens (tertiary/aromatic N) is 1. The minimum absolute atomic E-state index is 0.235. The highest BCUT2D eigenvalue weighted by Gasteiger charge is 2.18. The van der Waals surface area contributed by atoms with Gasteiger partial charge in [0.1, 0.15) is 5.75 Å². The molecule has 0 saturated carbocycles. The van der Waals surface area contributed by atoms with E-state index < -0.39 is 0 Å².